The number of likely N-dealkylation sites (N-methyl/N-ethyl adjacent to an activating group) is 1. The van der Waals surface area contributed by atoms with Gasteiger partial charge >= 0.3 is 6.03 Å². The third-order valence-electron chi connectivity index (χ3n) is 2.43. The standard InChI is InChI=1S/C11H11FN2O/c1-14-10(6-7-13-11(14)15)8-2-4-9(12)5-3-8/h2-7,10H,1H3,(H,13,15). The number of carbonyl (C=O) groups excluding carboxylic acids is 1. The second kappa shape index (κ2) is 3.73. The SMILES string of the molecule is CN1C(=O)NC=CC1c1ccc(F)cc1. The van der Waals surface area contributed by atoms with Crippen molar-refractivity contribution in [3.8, 4) is 0 Å². The highest BCUT2D eigenvalue weighted by Gasteiger charge is 2.21. The van der Waals surface area contributed by atoms with Gasteiger partial charge in [-0.05, 0) is 23.8 Å². The fourth-order valence-electron chi connectivity index (χ4n) is 1.56. The van der Waals surface area contributed by atoms with Crippen LogP contribution in [0.3, 0.4) is 0 Å². The molecule has 1 heterocycles. The summed E-state index contributed by atoms with van der Waals surface area (Å²) in [6.07, 6.45) is 3.46. The van der Waals surface area contributed by atoms with Gasteiger partial charge in [0.25, 0.3) is 0 Å². The first-order valence-electron chi connectivity index (χ1n) is 4.64. The fourth-order valence-corrected chi connectivity index (χ4v) is 1.56. The second-order valence-electron chi connectivity index (χ2n) is 3.42. The highest BCUT2D eigenvalue weighted by atomic mass is 19.1. The van der Waals surface area contributed by atoms with Crippen LogP contribution in [0.15, 0.2) is 36.5 Å². The smallest absolute Gasteiger partial charge is 0.317 e. The van der Waals surface area contributed by atoms with Crippen LogP contribution in [0.1, 0.15) is 11.6 Å². The Balaban J connectivity index is 2.30. The number of rotatable bonds is 1. The van der Waals surface area contributed by atoms with E-state index >= 15 is 0 Å². The third-order valence-corrected chi connectivity index (χ3v) is 2.43. The molecule has 2 rings (SSSR count). The number of hydrogen-bond donors (Lipinski definition) is 1. The van der Waals surface area contributed by atoms with Gasteiger partial charge in [0, 0.05) is 13.2 Å². The van der Waals surface area contributed by atoms with Crippen molar-refractivity contribution in [2.75, 3.05) is 7.05 Å². The summed E-state index contributed by atoms with van der Waals surface area (Å²) in [5.41, 5.74) is 0.894. The maximum Gasteiger partial charge on any atom is 0.321 e. The molecule has 1 aliphatic rings. The number of carbonyl (C=O) groups is 1. The molecule has 1 aromatic rings. The van der Waals surface area contributed by atoms with E-state index in [0.29, 0.717) is 0 Å². The number of hydrogen-bond acceptors (Lipinski definition) is 1. The zero-order valence-corrected chi connectivity index (χ0v) is 8.27. The van der Waals surface area contributed by atoms with Crippen molar-refractivity contribution in [2.24, 2.45) is 0 Å². The number of urea groups is 1. The molecule has 0 fully saturated rings. The van der Waals surface area contributed by atoms with Gasteiger partial charge in [-0.25, -0.2) is 9.18 Å². The highest BCUT2D eigenvalue weighted by Crippen LogP contribution is 2.22. The molecule has 15 heavy (non-hydrogen) atoms. The minimum atomic E-state index is -0.273. The summed E-state index contributed by atoms with van der Waals surface area (Å²) in [6.45, 7) is 0. The van der Waals surface area contributed by atoms with Crippen molar-refractivity contribution in [3.63, 3.8) is 0 Å². The number of nitrogens with one attached hydrogen (secondary N) is 1. The van der Waals surface area contributed by atoms with E-state index in [2.05, 4.69) is 5.32 Å². The average Bonchev–Trinajstić information content (AvgIpc) is 2.24. The van der Waals surface area contributed by atoms with Gasteiger partial charge in [0.15, 0.2) is 0 Å². The van der Waals surface area contributed by atoms with Gasteiger partial charge in [-0.2, -0.15) is 0 Å². The molecule has 0 radical (unpaired) electrons. The molecule has 0 spiro atoms. The van der Waals surface area contributed by atoms with Gasteiger partial charge in [0.2, 0.25) is 0 Å². The molecule has 0 saturated heterocycles. The predicted molar refractivity (Wildman–Crippen MR) is 54.6 cm³/mol. The highest BCUT2D eigenvalue weighted by molar-refractivity contribution is 5.77. The summed E-state index contributed by atoms with van der Waals surface area (Å²) in [5, 5.41) is 2.58. The number of nitrogens with zero attached hydrogens (tertiary/aromatic N) is 1. The minimum absolute atomic E-state index is 0.126. The largest absolute Gasteiger partial charge is 0.321 e. The minimum Gasteiger partial charge on any atom is -0.317 e. The van der Waals surface area contributed by atoms with Crippen LogP contribution < -0.4 is 5.32 Å². The molecule has 1 unspecified atom stereocenters. The van der Waals surface area contributed by atoms with Crippen LogP contribution in [0.2, 0.25) is 0 Å². The van der Waals surface area contributed by atoms with E-state index < -0.39 is 0 Å². The topological polar surface area (TPSA) is 32.3 Å². The maximum absolute atomic E-state index is 12.7. The van der Waals surface area contributed by atoms with E-state index in [0.717, 1.165) is 5.56 Å². The molecule has 1 aromatic carbocycles. The van der Waals surface area contributed by atoms with Gasteiger partial charge < -0.3 is 10.2 Å². The molecule has 1 atom stereocenters. The lowest BCUT2D eigenvalue weighted by Gasteiger charge is -2.28. The molecule has 0 aliphatic carbocycles. The van der Waals surface area contributed by atoms with Crippen molar-refractivity contribution in [2.45, 2.75) is 6.04 Å². The van der Waals surface area contributed by atoms with Crippen LogP contribution in [0.5, 0.6) is 0 Å². The fraction of sp³-hybridized carbons (Fsp3) is 0.182. The molecule has 1 aliphatic heterocycles. The molecule has 3 nitrogen and oxygen atoms in total. The van der Waals surface area contributed by atoms with Crippen molar-refractivity contribution in [1.29, 1.82) is 0 Å². The van der Waals surface area contributed by atoms with Gasteiger partial charge in [0.05, 0.1) is 6.04 Å². The molecule has 4 heteroatoms. The zero-order valence-electron chi connectivity index (χ0n) is 8.27. The normalized spacial score (nSPS) is 20.3. The van der Waals surface area contributed by atoms with Gasteiger partial charge in [0.1, 0.15) is 5.82 Å². The van der Waals surface area contributed by atoms with Gasteiger partial charge in [-0.3, -0.25) is 0 Å². The summed E-state index contributed by atoms with van der Waals surface area (Å²) < 4.78 is 12.7. The lowest BCUT2D eigenvalue weighted by Crippen LogP contribution is -2.39. The Hall–Kier alpha value is -1.84. The molecule has 0 saturated carbocycles. The van der Waals surface area contributed by atoms with Gasteiger partial charge in [-0.1, -0.05) is 12.1 Å². The van der Waals surface area contributed by atoms with Crippen LogP contribution in [-0.4, -0.2) is 18.0 Å². The molecular weight excluding hydrogens is 195 g/mol. The van der Waals surface area contributed by atoms with E-state index in [4.69, 9.17) is 0 Å². The monoisotopic (exact) mass is 206 g/mol. The van der Waals surface area contributed by atoms with Crippen molar-refractivity contribution >= 4 is 6.03 Å². The Bertz CT molecular complexity index is 400. The van der Waals surface area contributed by atoms with Gasteiger partial charge in [-0.15, -0.1) is 0 Å². The Morgan fingerprint density at radius 1 is 1.33 bits per heavy atom. The number of amides is 2. The predicted octanol–water partition coefficient (Wildman–Crippen LogP) is 2.04. The summed E-state index contributed by atoms with van der Waals surface area (Å²) in [7, 11) is 1.70. The summed E-state index contributed by atoms with van der Waals surface area (Å²) in [5.74, 6) is -0.273. The Labute approximate surface area is 87.2 Å². The van der Waals surface area contributed by atoms with Crippen molar-refractivity contribution in [3.05, 3.63) is 47.9 Å². The summed E-state index contributed by atoms with van der Waals surface area (Å²) in [4.78, 5) is 12.9. The van der Waals surface area contributed by atoms with Crippen LogP contribution in [0, 0.1) is 5.82 Å². The molecule has 78 valence electrons. The molecular formula is C11H11FN2O. The third kappa shape index (κ3) is 1.83. The Morgan fingerprint density at radius 2 is 2.00 bits per heavy atom. The van der Waals surface area contributed by atoms with E-state index in [1.807, 2.05) is 6.08 Å². The van der Waals surface area contributed by atoms with E-state index in [1.54, 1.807) is 30.3 Å². The lowest BCUT2D eigenvalue weighted by molar-refractivity contribution is 0.199. The number of halogens is 1. The van der Waals surface area contributed by atoms with E-state index in [9.17, 15) is 9.18 Å². The Kier molecular flexibility index (Phi) is 2.41. The van der Waals surface area contributed by atoms with Crippen LogP contribution in [0.4, 0.5) is 9.18 Å². The quantitative estimate of drug-likeness (QED) is 0.749. The average molecular weight is 206 g/mol. The molecule has 2 amide bonds. The Morgan fingerprint density at radius 3 is 2.67 bits per heavy atom. The molecule has 0 aromatic heterocycles. The first-order chi connectivity index (χ1) is 7.18. The second-order valence-corrected chi connectivity index (χ2v) is 3.42. The van der Waals surface area contributed by atoms with Crippen LogP contribution in [0.25, 0.3) is 0 Å². The first-order valence-corrected chi connectivity index (χ1v) is 4.64. The van der Waals surface area contributed by atoms with Crippen LogP contribution in [-0.2, 0) is 0 Å². The van der Waals surface area contributed by atoms with E-state index in [1.165, 1.54) is 12.1 Å². The lowest BCUT2D eigenvalue weighted by atomic mass is 10.1. The first kappa shape index (κ1) is 9.71. The zero-order chi connectivity index (χ0) is 10.8. The molecule has 0 bridgehead atoms. The van der Waals surface area contributed by atoms with Crippen molar-refractivity contribution in [1.82, 2.24) is 10.2 Å². The summed E-state index contributed by atoms with van der Waals surface area (Å²) in [6, 6.07) is 5.86. The van der Waals surface area contributed by atoms with Crippen molar-refractivity contribution < 1.29 is 9.18 Å². The number of benzene rings is 1. The molecule has 1 N–H and O–H groups in total. The van der Waals surface area contributed by atoms with Crippen LogP contribution >= 0.6 is 0 Å². The summed E-state index contributed by atoms with van der Waals surface area (Å²) >= 11 is 0. The maximum atomic E-state index is 12.7. The van der Waals surface area contributed by atoms with E-state index in [-0.39, 0.29) is 17.9 Å².